The maximum atomic E-state index is 13.9. The number of nitro groups is 1. The number of likely N-dealkylation sites (tertiary alicyclic amines) is 1. The molecule has 4 amide bonds. The highest BCUT2D eigenvalue weighted by atomic mass is 35.5. The standard InChI is InChI=1S/C28H23Cl2N3O7/c1-13-11-14(3-10-20(13)34)22-17-8-9-18-21(19(17)12-27(29)25(37)31(2)26(38)28(22,27)30)24(36)32(23(18)35)15-4-6-16(7-5-15)33(39)40/h3-8,10-11,18-19,21-22,34H,9,12H2,1-2H3/t18-,19+,21-,22-,27+,28-/m0/s1. The monoisotopic (exact) mass is 583 g/mol. The van der Waals surface area contributed by atoms with E-state index in [2.05, 4.69) is 0 Å². The number of allylic oxidation sites excluding steroid dienone is 2. The number of nitro benzene ring substituents is 1. The fraction of sp³-hybridized carbons (Fsp3) is 0.357. The lowest BCUT2D eigenvalue weighted by Crippen LogP contribution is -2.60. The summed E-state index contributed by atoms with van der Waals surface area (Å²) in [6, 6.07) is 9.91. The molecule has 206 valence electrons. The summed E-state index contributed by atoms with van der Waals surface area (Å²) in [6.45, 7) is 1.69. The summed E-state index contributed by atoms with van der Waals surface area (Å²) in [5, 5.41) is 21.2. The Morgan fingerprint density at radius 3 is 2.30 bits per heavy atom. The third kappa shape index (κ3) is 3.23. The molecule has 1 N–H and O–H groups in total. The number of carbonyl (C=O) groups is 4. The Hall–Kier alpha value is -3.76. The van der Waals surface area contributed by atoms with Gasteiger partial charge in [-0.25, -0.2) is 0 Å². The number of benzene rings is 2. The summed E-state index contributed by atoms with van der Waals surface area (Å²) in [7, 11) is 1.32. The summed E-state index contributed by atoms with van der Waals surface area (Å²) in [5.41, 5.74) is 1.73. The second-order valence-electron chi connectivity index (χ2n) is 10.8. The molecule has 0 bridgehead atoms. The number of halogens is 2. The van der Waals surface area contributed by atoms with Gasteiger partial charge in [-0.15, -0.1) is 23.2 Å². The summed E-state index contributed by atoms with van der Waals surface area (Å²) >= 11 is 14.2. The number of fused-ring (bicyclic) bond motifs is 4. The highest BCUT2D eigenvalue weighted by molar-refractivity contribution is 6.53. The molecule has 0 spiro atoms. The van der Waals surface area contributed by atoms with Crippen molar-refractivity contribution in [3.05, 3.63) is 75.4 Å². The predicted molar refractivity (Wildman–Crippen MR) is 144 cm³/mol. The van der Waals surface area contributed by atoms with E-state index in [0.29, 0.717) is 16.7 Å². The molecule has 0 aromatic heterocycles. The molecule has 4 aliphatic rings. The van der Waals surface area contributed by atoms with Crippen LogP contribution in [0, 0.1) is 34.8 Å². The van der Waals surface area contributed by atoms with E-state index < -0.39 is 62.0 Å². The lowest BCUT2D eigenvalue weighted by molar-refractivity contribution is -0.384. The Balaban J connectivity index is 1.48. The van der Waals surface area contributed by atoms with E-state index in [-0.39, 0.29) is 30.0 Å². The topological polar surface area (TPSA) is 138 Å². The summed E-state index contributed by atoms with van der Waals surface area (Å²) in [5.74, 6) is -5.49. The van der Waals surface area contributed by atoms with E-state index in [1.54, 1.807) is 19.1 Å². The maximum absolute atomic E-state index is 13.9. The van der Waals surface area contributed by atoms with Gasteiger partial charge in [-0.3, -0.25) is 39.1 Å². The molecule has 12 heteroatoms. The molecule has 10 nitrogen and oxygen atoms in total. The maximum Gasteiger partial charge on any atom is 0.269 e. The van der Waals surface area contributed by atoms with Crippen LogP contribution in [0.2, 0.25) is 0 Å². The van der Waals surface area contributed by atoms with E-state index in [9.17, 15) is 34.4 Å². The van der Waals surface area contributed by atoms with Gasteiger partial charge in [0.25, 0.3) is 17.5 Å². The third-order valence-corrected chi connectivity index (χ3v) is 10.3. The number of non-ortho nitro benzene ring substituents is 1. The number of rotatable bonds is 3. The summed E-state index contributed by atoms with van der Waals surface area (Å²) < 4.78 is 0. The quantitative estimate of drug-likeness (QED) is 0.190. The SMILES string of the molecule is Cc1cc([C@H]2C3=CC[C@@H]4C(=O)N(c5ccc([N+](=O)[O-])cc5)C(=O)[C@@H]4[C@@H]3C[C@@]3(Cl)C(=O)N(C)C(=O)[C@@]23Cl)ccc1O. The lowest BCUT2D eigenvalue weighted by atomic mass is 9.56. The zero-order valence-electron chi connectivity index (χ0n) is 21.3. The highest BCUT2D eigenvalue weighted by Gasteiger charge is 2.75. The number of amides is 4. The number of aromatic hydroxyl groups is 1. The molecule has 0 unspecified atom stereocenters. The molecule has 0 radical (unpaired) electrons. The van der Waals surface area contributed by atoms with Gasteiger partial charge in [0, 0.05) is 25.1 Å². The van der Waals surface area contributed by atoms with Crippen LogP contribution in [0.25, 0.3) is 0 Å². The summed E-state index contributed by atoms with van der Waals surface area (Å²) in [6.07, 6.45) is 1.87. The van der Waals surface area contributed by atoms with Gasteiger partial charge >= 0.3 is 0 Å². The van der Waals surface area contributed by atoms with Gasteiger partial charge in [-0.05, 0) is 55.0 Å². The highest BCUT2D eigenvalue weighted by Crippen LogP contribution is 2.65. The average Bonchev–Trinajstić information content (AvgIpc) is 3.25. The zero-order chi connectivity index (χ0) is 28.9. The van der Waals surface area contributed by atoms with Gasteiger partial charge < -0.3 is 5.11 Å². The van der Waals surface area contributed by atoms with Gasteiger partial charge in [0.2, 0.25) is 11.8 Å². The van der Waals surface area contributed by atoms with Crippen molar-refractivity contribution in [3.63, 3.8) is 0 Å². The molecular weight excluding hydrogens is 561 g/mol. The molecule has 2 aliphatic heterocycles. The smallest absolute Gasteiger partial charge is 0.269 e. The van der Waals surface area contributed by atoms with Crippen LogP contribution >= 0.6 is 23.2 Å². The van der Waals surface area contributed by atoms with Crippen LogP contribution in [-0.4, -0.2) is 55.4 Å². The van der Waals surface area contributed by atoms with E-state index in [1.807, 2.05) is 6.08 Å². The minimum Gasteiger partial charge on any atom is -0.508 e. The van der Waals surface area contributed by atoms with Crippen molar-refractivity contribution >= 4 is 58.2 Å². The van der Waals surface area contributed by atoms with Crippen LogP contribution in [-0.2, 0) is 19.2 Å². The van der Waals surface area contributed by atoms with Crippen LogP contribution in [0.4, 0.5) is 11.4 Å². The average molecular weight is 584 g/mol. The predicted octanol–water partition coefficient (Wildman–Crippen LogP) is 3.80. The van der Waals surface area contributed by atoms with Crippen LogP contribution in [0.5, 0.6) is 5.75 Å². The van der Waals surface area contributed by atoms with E-state index in [1.165, 1.54) is 37.4 Å². The number of anilines is 1. The molecule has 2 aromatic carbocycles. The molecule has 2 saturated heterocycles. The van der Waals surface area contributed by atoms with Crippen molar-refractivity contribution < 1.29 is 29.2 Å². The minimum absolute atomic E-state index is 0.0378. The van der Waals surface area contributed by atoms with Crippen molar-refractivity contribution in [1.29, 1.82) is 0 Å². The van der Waals surface area contributed by atoms with Crippen LogP contribution in [0.1, 0.15) is 29.9 Å². The number of alkyl halides is 2. The Kier molecular flexibility index (Phi) is 5.70. The minimum atomic E-state index is -1.90. The third-order valence-electron chi connectivity index (χ3n) is 8.89. The fourth-order valence-electron chi connectivity index (χ4n) is 6.95. The number of nitrogens with zero attached hydrogens (tertiary/aromatic N) is 3. The first-order valence-electron chi connectivity index (χ1n) is 12.6. The number of hydrogen-bond donors (Lipinski definition) is 1. The molecule has 1 saturated carbocycles. The fourth-order valence-corrected chi connectivity index (χ4v) is 7.97. The molecular formula is C28H23Cl2N3O7. The number of phenols is 1. The molecule has 6 atom stereocenters. The van der Waals surface area contributed by atoms with E-state index >= 15 is 0 Å². The van der Waals surface area contributed by atoms with Crippen LogP contribution in [0.3, 0.4) is 0 Å². The zero-order valence-corrected chi connectivity index (χ0v) is 22.8. The second kappa shape index (κ2) is 8.62. The normalized spacial score (nSPS) is 33.0. The van der Waals surface area contributed by atoms with E-state index in [0.717, 1.165) is 9.80 Å². The van der Waals surface area contributed by atoms with Gasteiger partial charge in [0.15, 0.2) is 9.75 Å². The first-order chi connectivity index (χ1) is 18.8. The number of carbonyl (C=O) groups excluding carboxylic acids is 4. The number of phenolic OH excluding ortho intramolecular Hbond substituents is 1. The summed E-state index contributed by atoms with van der Waals surface area (Å²) in [4.78, 5) is 63.2. The Morgan fingerprint density at radius 1 is 1.00 bits per heavy atom. The molecule has 2 heterocycles. The van der Waals surface area contributed by atoms with Crippen molar-refractivity contribution in [2.45, 2.75) is 35.4 Å². The Morgan fingerprint density at radius 2 is 1.68 bits per heavy atom. The molecule has 2 aliphatic carbocycles. The van der Waals surface area contributed by atoms with Crippen molar-refractivity contribution in [2.24, 2.45) is 17.8 Å². The van der Waals surface area contributed by atoms with Crippen molar-refractivity contribution in [3.8, 4) is 5.75 Å². The molecule has 6 rings (SSSR count). The Bertz CT molecular complexity index is 1570. The van der Waals surface area contributed by atoms with Gasteiger partial charge in [0.05, 0.1) is 22.4 Å². The Labute approximate surface area is 238 Å². The van der Waals surface area contributed by atoms with E-state index in [4.69, 9.17) is 23.2 Å². The first kappa shape index (κ1) is 26.5. The largest absolute Gasteiger partial charge is 0.508 e. The lowest BCUT2D eigenvalue weighted by Gasteiger charge is -2.50. The molecule has 2 aromatic rings. The van der Waals surface area contributed by atoms with Gasteiger partial charge in [-0.1, -0.05) is 23.8 Å². The van der Waals surface area contributed by atoms with Crippen LogP contribution < -0.4 is 4.90 Å². The number of imide groups is 2. The molecule has 3 fully saturated rings. The second-order valence-corrected chi connectivity index (χ2v) is 12.1. The van der Waals surface area contributed by atoms with Crippen molar-refractivity contribution in [2.75, 3.05) is 11.9 Å². The van der Waals surface area contributed by atoms with Gasteiger partial charge in [-0.2, -0.15) is 0 Å². The first-order valence-corrected chi connectivity index (χ1v) is 13.4. The van der Waals surface area contributed by atoms with Crippen molar-refractivity contribution in [1.82, 2.24) is 4.90 Å². The number of aryl methyl sites for hydroxylation is 1. The number of hydrogen-bond acceptors (Lipinski definition) is 7. The molecule has 40 heavy (non-hydrogen) atoms. The van der Waals surface area contributed by atoms with Gasteiger partial charge in [0.1, 0.15) is 5.75 Å². The van der Waals surface area contributed by atoms with Crippen LogP contribution in [0.15, 0.2) is 54.1 Å².